The molecular formula is C13H18N2O5. The fraction of sp³-hybridized carbons (Fsp3) is 0.385. The third-order valence-corrected chi connectivity index (χ3v) is 2.63. The number of benzene rings is 1. The number of carboxylic acid groups (broad SMARTS) is 1. The fourth-order valence-electron chi connectivity index (χ4n) is 1.67. The smallest absolute Gasteiger partial charge is 0.426 e. The summed E-state index contributed by atoms with van der Waals surface area (Å²) in [5.74, 6) is -1.13. The molecular weight excluding hydrogens is 264 g/mol. The van der Waals surface area contributed by atoms with Gasteiger partial charge in [0.05, 0.1) is 13.2 Å². The number of nitrogens with zero attached hydrogens (tertiary/aromatic N) is 1. The predicted molar refractivity (Wildman–Crippen MR) is 70.9 cm³/mol. The van der Waals surface area contributed by atoms with Crippen LogP contribution >= 0.6 is 0 Å². The average Bonchev–Trinajstić information content (AvgIpc) is 2.45. The first-order valence-corrected chi connectivity index (χ1v) is 6.12. The first-order chi connectivity index (χ1) is 9.58. The van der Waals surface area contributed by atoms with Crippen LogP contribution in [0.4, 0.5) is 4.79 Å². The Morgan fingerprint density at radius 1 is 1.35 bits per heavy atom. The van der Waals surface area contributed by atoms with Crippen LogP contribution in [0.15, 0.2) is 30.3 Å². The molecule has 0 saturated heterocycles. The average molecular weight is 282 g/mol. The number of carbonyl (C=O) groups is 2. The van der Waals surface area contributed by atoms with Crippen molar-refractivity contribution in [3.63, 3.8) is 0 Å². The Balaban J connectivity index is 2.84. The lowest BCUT2D eigenvalue weighted by molar-refractivity contribution is -0.171. The van der Waals surface area contributed by atoms with Gasteiger partial charge in [0.1, 0.15) is 6.04 Å². The van der Waals surface area contributed by atoms with E-state index in [2.05, 4.69) is 5.32 Å². The van der Waals surface area contributed by atoms with Gasteiger partial charge >= 0.3 is 12.1 Å². The number of hydrogen-bond acceptors (Lipinski definition) is 5. The van der Waals surface area contributed by atoms with Gasteiger partial charge in [-0.05, 0) is 5.56 Å². The summed E-state index contributed by atoms with van der Waals surface area (Å²) >= 11 is 0. The Kier molecular flexibility index (Phi) is 6.48. The highest BCUT2D eigenvalue weighted by molar-refractivity contribution is 5.74. The van der Waals surface area contributed by atoms with E-state index in [1.165, 1.54) is 7.05 Å². The molecule has 0 aliphatic carbocycles. The molecule has 7 nitrogen and oxygen atoms in total. The number of rotatable bonds is 7. The van der Waals surface area contributed by atoms with Crippen LogP contribution in [-0.4, -0.2) is 53.6 Å². The standard InChI is InChI=1S/C13H18N2O5/c1-14-13(19)20-15(7-8-16)11(12(17)18)9-10-5-3-2-4-6-10/h2-6,11,16H,7-9H2,1H3,(H,14,19)(H,17,18)/t11-/m0/s1. The van der Waals surface area contributed by atoms with Crippen molar-refractivity contribution in [1.29, 1.82) is 0 Å². The van der Waals surface area contributed by atoms with Gasteiger partial charge in [-0.3, -0.25) is 4.79 Å². The summed E-state index contributed by atoms with van der Waals surface area (Å²) in [5, 5.41) is 21.5. The summed E-state index contributed by atoms with van der Waals surface area (Å²) in [6, 6.07) is 7.92. The summed E-state index contributed by atoms with van der Waals surface area (Å²) in [4.78, 5) is 27.5. The molecule has 0 heterocycles. The van der Waals surface area contributed by atoms with E-state index in [1.807, 2.05) is 6.07 Å². The number of hydrogen-bond donors (Lipinski definition) is 3. The minimum atomic E-state index is -1.13. The number of carbonyl (C=O) groups excluding carboxylic acids is 1. The lowest BCUT2D eigenvalue weighted by Gasteiger charge is -2.26. The molecule has 1 rings (SSSR count). The monoisotopic (exact) mass is 282 g/mol. The summed E-state index contributed by atoms with van der Waals surface area (Å²) in [6.07, 6.45) is -0.620. The van der Waals surface area contributed by atoms with Crippen molar-refractivity contribution in [2.24, 2.45) is 0 Å². The van der Waals surface area contributed by atoms with Crippen LogP contribution in [0.25, 0.3) is 0 Å². The summed E-state index contributed by atoms with van der Waals surface area (Å²) in [6.45, 7) is -0.410. The van der Waals surface area contributed by atoms with Crippen molar-refractivity contribution in [2.45, 2.75) is 12.5 Å². The highest BCUT2D eigenvalue weighted by Gasteiger charge is 2.28. The van der Waals surface area contributed by atoms with Gasteiger partial charge in [0, 0.05) is 13.5 Å². The minimum absolute atomic E-state index is 0.0861. The van der Waals surface area contributed by atoms with Gasteiger partial charge in [-0.2, -0.15) is 0 Å². The molecule has 0 fully saturated rings. The number of aliphatic carboxylic acids is 1. The SMILES string of the molecule is CNC(=O)ON(CCO)[C@@H](Cc1ccccc1)C(=O)O. The molecule has 1 aromatic rings. The van der Waals surface area contributed by atoms with Crippen LogP contribution in [0, 0.1) is 0 Å². The molecule has 0 unspecified atom stereocenters. The molecule has 0 aliphatic rings. The van der Waals surface area contributed by atoms with Gasteiger partial charge in [0.25, 0.3) is 0 Å². The maximum absolute atomic E-state index is 11.4. The zero-order valence-corrected chi connectivity index (χ0v) is 11.2. The van der Waals surface area contributed by atoms with Gasteiger partial charge in [-0.1, -0.05) is 30.3 Å². The maximum Gasteiger partial charge on any atom is 0.426 e. The van der Waals surface area contributed by atoms with Crippen molar-refractivity contribution >= 4 is 12.1 Å². The van der Waals surface area contributed by atoms with Gasteiger partial charge in [-0.15, -0.1) is 5.06 Å². The molecule has 0 aliphatic heterocycles. The van der Waals surface area contributed by atoms with Gasteiger partial charge < -0.3 is 20.4 Å². The van der Waals surface area contributed by atoms with E-state index in [0.29, 0.717) is 0 Å². The Morgan fingerprint density at radius 3 is 2.50 bits per heavy atom. The molecule has 3 N–H and O–H groups in total. The van der Waals surface area contributed by atoms with Crippen LogP contribution in [0.3, 0.4) is 0 Å². The first-order valence-electron chi connectivity index (χ1n) is 6.12. The summed E-state index contributed by atoms with van der Waals surface area (Å²) in [5.41, 5.74) is 0.795. The third-order valence-electron chi connectivity index (χ3n) is 2.63. The highest BCUT2D eigenvalue weighted by Crippen LogP contribution is 2.10. The molecule has 1 amide bonds. The van der Waals surface area contributed by atoms with E-state index in [-0.39, 0.29) is 19.6 Å². The number of hydroxylamine groups is 2. The van der Waals surface area contributed by atoms with E-state index in [0.717, 1.165) is 10.6 Å². The van der Waals surface area contributed by atoms with Crippen LogP contribution in [0.5, 0.6) is 0 Å². The number of carboxylic acids is 1. The predicted octanol–water partition coefficient (Wildman–Crippen LogP) is 0.248. The van der Waals surface area contributed by atoms with Crippen LogP contribution in [-0.2, 0) is 16.1 Å². The number of aliphatic hydroxyl groups is 1. The molecule has 0 spiro atoms. The van der Waals surface area contributed by atoms with Gasteiger partial charge in [0.15, 0.2) is 0 Å². The number of amides is 1. The van der Waals surface area contributed by atoms with E-state index >= 15 is 0 Å². The third kappa shape index (κ3) is 4.87. The Hall–Kier alpha value is -2.12. The molecule has 7 heteroatoms. The lowest BCUT2D eigenvalue weighted by atomic mass is 10.1. The van der Waals surface area contributed by atoms with Crippen molar-refractivity contribution in [3.05, 3.63) is 35.9 Å². The zero-order valence-electron chi connectivity index (χ0n) is 11.2. The molecule has 0 aromatic heterocycles. The Labute approximate surface area is 116 Å². The van der Waals surface area contributed by atoms with Crippen LogP contribution in [0.1, 0.15) is 5.56 Å². The molecule has 0 radical (unpaired) electrons. The second-order valence-electron chi connectivity index (χ2n) is 4.04. The van der Waals surface area contributed by atoms with Crippen molar-refractivity contribution in [1.82, 2.24) is 10.4 Å². The molecule has 1 atom stereocenters. The van der Waals surface area contributed by atoms with Crippen molar-refractivity contribution < 1.29 is 24.6 Å². The fourth-order valence-corrected chi connectivity index (χ4v) is 1.67. The molecule has 110 valence electrons. The largest absolute Gasteiger partial charge is 0.480 e. The molecule has 20 heavy (non-hydrogen) atoms. The quantitative estimate of drug-likeness (QED) is 0.620. The number of aliphatic hydroxyl groups excluding tert-OH is 1. The first kappa shape index (κ1) is 15.9. The van der Waals surface area contributed by atoms with Crippen LogP contribution in [0.2, 0.25) is 0 Å². The van der Waals surface area contributed by atoms with E-state index in [4.69, 9.17) is 9.94 Å². The normalized spacial score (nSPS) is 11.9. The van der Waals surface area contributed by atoms with E-state index in [1.54, 1.807) is 24.3 Å². The second-order valence-corrected chi connectivity index (χ2v) is 4.04. The summed E-state index contributed by atoms with van der Waals surface area (Å²) < 4.78 is 0. The molecule has 0 saturated carbocycles. The van der Waals surface area contributed by atoms with Crippen molar-refractivity contribution in [3.8, 4) is 0 Å². The number of nitrogens with one attached hydrogen (secondary N) is 1. The molecule has 1 aromatic carbocycles. The summed E-state index contributed by atoms with van der Waals surface area (Å²) in [7, 11) is 1.37. The van der Waals surface area contributed by atoms with Gasteiger partial charge in [-0.25, -0.2) is 4.79 Å². The van der Waals surface area contributed by atoms with Gasteiger partial charge in [0.2, 0.25) is 0 Å². The highest BCUT2D eigenvalue weighted by atomic mass is 16.7. The second kappa shape index (κ2) is 8.13. The Morgan fingerprint density at radius 2 is 2.00 bits per heavy atom. The topological polar surface area (TPSA) is 99.1 Å². The zero-order chi connectivity index (χ0) is 15.0. The molecule has 0 bridgehead atoms. The minimum Gasteiger partial charge on any atom is -0.480 e. The van der Waals surface area contributed by atoms with Crippen molar-refractivity contribution in [2.75, 3.05) is 20.2 Å². The Bertz CT molecular complexity index is 438. The van der Waals surface area contributed by atoms with E-state index < -0.39 is 18.1 Å². The lowest BCUT2D eigenvalue weighted by Crippen LogP contribution is -2.46. The van der Waals surface area contributed by atoms with Crippen LogP contribution < -0.4 is 5.32 Å². The van der Waals surface area contributed by atoms with E-state index in [9.17, 15) is 14.7 Å². The maximum atomic E-state index is 11.4.